The van der Waals surface area contributed by atoms with Crippen LogP contribution in [0.2, 0.25) is 0 Å². The van der Waals surface area contributed by atoms with Crippen molar-refractivity contribution in [2.45, 2.75) is 25.4 Å². The fourth-order valence-corrected chi connectivity index (χ4v) is 2.88. The highest BCUT2D eigenvalue weighted by Gasteiger charge is 2.20. The van der Waals surface area contributed by atoms with E-state index >= 15 is 0 Å². The second kappa shape index (κ2) is 7.72. The molecule has 0 radical (unpaired) electrons. The summed E-state index contributed by atoms with van der Waals surface area (Å²) in [6.45, 7) is 1.82. The molecule has 2 aromatic carbocycles. The molecular formula is C21H23NO4. The Morgan fingerprint density at radius 3 is 2.58 bits per heavy atom. The Morgan fingerprint density at radius 2 is 1.85 bits per heavy atom. The summed E-state index contributed by atoms with van der Waals surface area (Å²) in [5, 5.41) is 22.8. The van der Waals surface area contributed by atoms with Crippen LogP contribution < -0.4 is 5.32 Å². The van der Waals surface area contributed by atoms with Gasteiger partial charge in [-0.2, -0.15) is 0 Å². The van der Waals surface area contributed by atoms with Crippen LogP contribution in [0.3, 0.4) is 0 Å². The largest absolute Gasteiger partial charge is 0.464 e. The number of hydrogen-bond donors (Lipinski definition) is 3. The van der Waals surface area contributed by atoms with E-state index in [0.717, 1.165) is 22.1 Å². The maximum Gasteiger partial charge on any atom is 0.251 e. The van der Waals surface area contributed by atoms with Gasteiger partial charge in [0.25, 0.3) is 5.91 Å². The molecule has 0 aliphatic carbocycles. The van der Waals surface area contributed by atoms with Crippen molar-refractivity contribution in [3.63, 3.8) is 0 Å². The van der Waals surface area contributed by atoms with Gasteiger partial charge in [0.05, 0.1) is 11.9 Å². The maximum atomic E-state index is 12.3. The minimum atomic E-state index is -1.03. The third-order valence-corrected chi connectivity index (χ3v) is 4.44. The van der Waals surface area contributed by atoms with E-state index in [4.69, 9.17) is 9.52 Å². The van der Waals surface area contributed by atoms with Gasteiger partial charge >= 0.3 is 0 Å². The van der Waals surface area contributed by atoms with Crippen molar-refractivity contribution in [2.24, 2.45) is 0 Å². The molecule has 136 valence electrons. The second-order valence-electron chi connectivity index (χ2n) is 6.76. The number of rotatable bonds is 7. The molecule has 1 aromatic heterocycles. The minimum absolute atomic E-state index is 0.0240. The molecule has 5 nitrogen and oxygen atoms in total. The Bertz CT molecular complexity index is 880. The molecule has 5 heteroatoms. The molecule has 3 N–H and O–H groups in total. The highest BCUT2D eigenvalue weighted by atomic mass is 16.3. The van der Waals surface area contributed by atoms with Crippen LogP contribution in [0.5, 0.6) is 0 Å². The van der Waals surface area contributed by atoms with Gasteiger partial charge in [0.15, 0.2) is 0 Å². The van der Waals surface area contributed by atoms with Crippen LogP contribution in [0.1, 0.15) is 30.1 Å². The van der Waals surface area contributed by atoms with Crippen molar-refractivity contribution in [3.05, 3.63) is 60.4 Å². The molecule has 1 atom stereocenters. The highest BCUT2D eigenvalue weighted by molar-refractivity contribution is 5.95. The van der Waals surface area contributed by atoms with E-state index in [1.807, 2.05) is 36.4 Å². The van der Waals surface area contributed by atoms with Crippen LogP contribution in [0, 0.1) is 0 Å². The Labute approximate surface area is 152 Å². The van der Waals surface area contributed by atoms with E-state index in [-0.39, 0.29) is 19.1 Å². The van der Waals surface area contributed by atoms with Crippen molar-refractivity contribution in [1.29, 1.82) is 0 Å². The molecule has 0 aliphatic heterocycles. The zero-order valence-electron chi connectivity index (χ0n) is 14.7. The molecule has 3 rings (SSSR count). The fourth-order valence-electron chi connectivity index (χ4n) is 2.88. The molecule has 0 unspecified atom stereocenters. The fraction of sp³-hybridized carbons (Fsp3) is 0.286. The first-order valence-electron chi connectivity index (χ1n) is 8.68. The predicted octanol–water partition coefficient (Wildman–Crippen LogP) is 3.35. The molecule has 26 heavy (non-hydrogen) atoms. The second-order valence-corrected chi connectivity index (χ2v) is 6.76. The van der Waals surface area contributed by atoms with Gasteiger partial charge < -0.3 is 19.9 Å². The van der Waals surface area contributed by atoms with Crippen molar-refractivity contribution >= 4 is 16.9 Å². The number of nitrogens with one attached hydrogen (secondary N) is 1. The Morgan fingerprint density at radius 1 is 1.12 bits per heavy atom. The lowest BCUT2D eigenvalue weighted by Crippen LogP contribution is -2.40. The number of carbonyl (C=O) groups excluding carboxylic acids is 1. The number of benzene rings is 2. The number of furan rings is 1. The van der Waals surface area contributed by atoms with Crippen LogP contribution in [-0.4, -0.2) is 34.9 Å². The summed E-state index contributed by atoms with van der Waals surface area (Å²) < 4.78 is 5.35. The quantitative estimate of drug-likeness (QED) is 0.608. The number of hydrogen-bond acceptors (Lipinski definition) is 4. The summed E-state index contributed by atoms with van der Waals surface area (Å²) >= 11 is 0. The van der Waals surface area contributed by atoms with Gasteiger partial charge in [-0.1, -0.05) is 18.2 Å². The first kappa shape index (κ1) is 18.2. The maximum absolute atomic E-state index is 12.3. The normalized spacial score (nSPS) is 13.5. The summed E-state index contributed by atoms with van der Waals surface area (Å²) in [7, 11) is 0. The summed E-state index contributed by atoms with van der Waals surface area (Å²) in [4.78, 5) is 12.3. The van der Waals surface area contributed by atoms with Gasteiger partial charge in [-0.25, -0.2) is 0 Å². The lowest BCUT2D eigenvalue weighted by Gasteiger charge is -2.23. The summed E-state index contributed by atoms with van der Waals surface area (Å²) in [5.41, 5.74) is 2.42. The lowest BCUT2D eigenvalue weighted by molar-refractivity contribution is 0.0415. The van der Waals surface area contributed by atoms with Crippen LogP contribution in [0.25, 0.3) is 22.1 Å². The molecule has 0 spiro atoms. The van der Waals surface area contributed by atoms with Crippen molar-refractivity contribution in [1.82, 2.24) is 5.32 Å². The highest BCUT2D eigenvalue weighted by Crippen LogP contribution is 2.25. The summed E-state index contributed by atoms with van der Waals surface area (Å²) in [6, 6.07) is 15.2. The molecule has 0 bridgehead atoms. The number of carbonyl (C=O) groups is 1. The standard InChI is InChI=1S/C21H23NO4/c1-21(25,10-2-11-23)14-22-20(24)16-5-3-15(4-6-16)17-7-8-19-18(13-17)9-12-26-19/h3-9,12-13,23,25H,2,10-11,14H2,1H3,(H,22,24)/t21-/m1/s1. The minimum Gasteiger partial charge on any atom is -0.464 e. The third kappa shape index (κ3) is 4.31. The van der Waals surface area contributed by atoms with Crippen LogP contribution in [0.4, 0.5) is 0 Å². The Hall–Kier alpha value is -2.63. The molecule has 1 heterocycles. The van der Waals surface area contributed by atoms with Crippen LogP contribution in [-0.2, 0) is 0 Å². The monoisotopic (exact) mass is 353 g/mol. The van der Waals surface area contributed by atoms with Crippen LogP contribution in [0.15, 0.2) is 59.2 Å². The van der Waals surface area contributed by atoms with Gasteiger partial charge in [0.1, 0.15) is 5.58 Å². The van der Waals surface area contributed by atoms with E-state index in [1.54, 1.807) is 25.3 Å². The number of aliphatic hydroxyl groups excluding tert-OH is 1. The first-order chi connectivity index (χ1) is 12.5. The average molecular weight is 353 g/mol. The predicted molar refractivity (Wildman–Crippen MR) is 101 cm³/mol. The molecule has 3 aromatic rings. The topological polar surface area (TPSA) is 82.7 Å². The number of amides is 1. The third-order valence-electron chi connectivity index (χ3n) is 4.44. The molecule has 0 saturated heterocycles. The number of aliphatic hydroxyl groups is 2. The molecular weight excluding hydrogens is 330 g/mol. The van der Waals surface area contributed by atoms with Crippen molar-refractivity contribution in [2.75, 3.05) is 13.2 Å². The van der Waals surface area contributed by atoms with Crippen molar-refractivity contribution < 1.29 is 19.4 Å². The van der Waals surface area contributed by atoms with Gasteiger partial charge in [-0.3, -0.25) is 4.79 Å². The number of fused-ring (bicyclic) bond motifs is 1. The van der Waals surface area contributed by atoms with Gasteiger partial charge in [0, 0.05) is 24.1 Å². The zero-order valence-corrected chi connectivity index (χ0v) is 14.7. The lowest BCUT2D eigenvalue weighted by atomic mass is 10.00. The Kier molecular flexibility index (Phi) is 5.40. The SMILES string of the molecule is C[C@@](O)(CCCO)CNC(=O)c1ccc(-c2ccc3occc3c2)cc1. The average Bonchev–Trinajstić information content (AvgIpc) is 3.12. The molecule has 0 saturated carbocycles. The molecule has 0 fully saturated rings. The molecule has 1 amide bonds. The van der Waals surface area contributed by atoms with Crippen LogP contribution >= 0.6 is 0 Å². The summed E-state index contributed by atoms with van der Waals surface area (Å²) in [5.74, 6) is -0.230. The van der Waals surface area contributed by atoms with E-state index in [9.17, 15) is 9.90 Å². The van der Waals surface area contributed by atoms with E-state index in [2.05, 4.69) is 5.32 Å². The zero-order chi connectivity index (χ0) is 18.6. The first-order valence-corrected chi connectivity index (χ1v) is 8.68. The molecule has 0 aliphatic rings. The van der Waals surface area contributed by atoms with E-state index in [1.165, 1.54) is 0 Å². The van der Waals surface area contributed by atoms with E-state index < -0.39 is 5.60 Å². The van der Waals surface area contributed by atoms with Gasteiger partial charge in [-0.15, -0.1) is 0 Å². The van der Waals surface area contributed by atoms with E-state index in [0.29, 0.717) is 18.4 Å². The summed E-state index contributed by atoms with van der Waals surface area (Å²) in [6.07, 6.45) is 2.59. The smallest absolute Gasteiger partial charge is 0.251 e. The van der Waals surface area contributed by atoms with Gasteiger partial charge in [-0.05, 0) is 61.2 Å². The van der Waals surface area contributed by atoms with Gasteiger partial charge in [0.2, 0.25) is 0 Å². The van der Waals surface area contributed by atoms with Crippen molar-refractivity contribution in [3.8, 4) is 11.1 Å². The Balaban J connectivity index is 1.66.